The Bertz CT molecular complexity index is 438. The minimum absolute atomic E-state index is 0.245. The van der Waals surface area contributed by atoms with Crippen molar-refractivity contribution in [2.24, 2.45) is 0 Å². The van der Waals surface area contributed by atoms with Crippen LogP contribution in [0.3, 0.4) is 0 Å². The third kappa shape index (κ3) is 1.74. The van der Waals surface area contributed by atoms with E-state index >= 15 is 0 Å². The standard InChI is InChI=1S/C11H11BrFNO2/c1-14-5-8(15)9(11(14)16)6-3-2-4-7(12)10(6)13/h2-4,8-9,15H,5H2,1H3. The minimum atomic E-state index is -0.846. The predicted octanol–water partition coefficient (Wildman–Crippen LogP) is 1.50. The molecule has 1 aromatic carbocycles. The summed E-state index contributed by atoms with van der Waals surface area (Å²) in [4.78, 5) is 13.2. The first-order valence-electron chi connectivity index (χ1n) is 4.89. The van der Waals surface area contributed by atoms with Crippen LogP contribution in [0.15, 0.2) is 22.7 Å². The Morgan fingerprint density at radius 3 is 2.81 bits per heavy atom. The summed E-state index contributed by atoms with van der Waals surface area (Å²) >= 11 is 3.07. The van der Waals surface area contributed by atoms with E-state index in [-0.39, 0.29) is 18.0 Å². The summed E-state index contributed by atoms with van der Waals surface area (Å²) in [5.74, 6) is -1.51. The molecule has 1 fully saturated rings. The van der Waals surface area contributed by atoms with Gasteiger partial charge in [0.15, 0.2) is 0 Å². The first-order chi connectivity index (χ1) is 7.52. The van der Waals surface area contributed by atoms with Crippen LogP contribution in [0.2, 0.25) is 0 Å². The molecule has 1 aliphatic heterocycles. The summed E-state index contributed by atoms with van der Waals surface area (Å²) < 4.78 is 14.1. The van der Waals surface area contributed by atoms with Crippen molar-refractivity contribution in [3.63, 3.8) is 0 Å². The minimum Gasteiger partial charge on any atom is -0.390 e. The van der Waals surface area contributed by atoms with Gasteiger partial charge >= 0.3 is 0 Å². The number of rotatable bonds is 1. The largest absolute Gasteiger partial charge is 0.390 e. The molecular weight excluding hydrogens is 277 g/mol. The lowest BCUT2D eigenvalue weighted by atomic mass is 9.95. The number of benzene rings is 1. The lowest BCUT2D eigenvalue weighted by molar-refractivity contribution is -0.128. The molecule has 0 spiro atoms. The first kappa shape index (κ1) is 11.5. The molecule has 16 heavy (non-hydrogen) atoms. The number of halogens is 2. The average Bonchev–Trinajstić information content (AvgIpc) is 2.47. The molecule has 2 rings (SSSR count). The van der Waals surface area contributed by atoms with Gasteiger partial charge in [-0.1, -0.05) is 12.1 Å². The van der Waals surface area contributed by atoms with E-state index in [4.69, 9.17) is 0 Å². The average molecular weight is 288 g/mol. The molecule has 1 saturated heterocycles. The molecule has 2 atom stereocenters. The van der Waals surface area contributed by atoms with Gasteiger partial charge in [-0.25, -0.2) is 4.39 Å². The second kappa shape index (κ2) is 4.14. The van der Waals surface area contributed by atoms with Gasteiger partial charge < -0.3 is 10.0 Å². The number of hydrogen-bond donors (Lipinski definition) is 1. The highest BCUT2D eigenvalue weighted by Crippen LogP contribution is 2.32. The monoisotopic (exact) mass is 287 g/mol. The topological polar surface area (TPSA) is 40.5 Å². The molecule has 0 aromatic heterocycles. The number of likely N-dealkylation sites (N-methyl/N-ethyl adjacent to an activating group) is 1. The molecule has 1 aromatic rings. The van der Waals surface area contributed by atoms with Crippen LogP contribution in [0.1, 0.15) is 11.5 Å². The van der Waals surface area contributed by atoms with E-state index in [1.54, 1.807) is 19.2 Å². The van der Waals surface area contributed by atoms with Crippen molar-refractivity contribution in [3.8, 4) is 0 Å². The van der Waals surface area contributed by atoms with E-state index in [0.717, 1.165) is 0 Å². The quantitative estimate of drug-likeness (QED) is 0.851. The van der Waals surface area contributed by atoms with E-state index in [2.05, 4.69) is 15.9 Å². The summed E-state index contributed by atoms with van der Waals surface area (Å²) in [5, 5.41) is 9.75. The molecule has 5 heteroatoms. The SMILES string of the molecule is CN1CC(O)C(c2cccc(Br)c2F)C1=O. The number of nitrogens with zero attached hydrogens (tertiary/aromatic N) is 1. The van der Waals surface area contributed by atoms with Crippen molar-refractivity contribution < 1.29 is 14.3 Å². The first-order valence-corrected chi connectivity index (χ1v) is 5.68. The molecule has 1 aliphatic rings. The highest BCUT2D eigenvalue weighted by molar-refractivity contribution is 9.10. The molecule has 1 heterocycles. The Hall–Kier alpha value is -0.940. The zero-order chi connectivity index (χ0) is 11.9. The molecule has 0 bridgehead atoms. The summed E-state index contributed by atoms with van der Waals surface area (Å²) in [7, 11) is 1.60. The van der Waals surface area contributed by atoms with Crippen molar-refractivity contribution >= 4 is 21.8 Å². The van der Waals surface area contributed by atoms with E-state index in [0.29, 0.717) is 4.47 Å². The Labute approximate surface area is 101 Å². The molecule has 0 aliphatic carbocycles. The van der Waals surface area contributed by atoms with Gasteiger partial charge in [-0.3, -0.25) is 4.79 Å². The fourth-order valence-corrected chi connectivity index (χ4v) is 2.36. The van der Waals surface area contributed by atoms with Crippen LogP contribution in [0.5, 0.6) is 0 Å². The molecule has 3 nitrogen and oxygen atoms in total. The van der Waals surface area contributed by atoms with Crippen LogP contribution in [-0.2, 0) is 4.79 Å². The number of likely N-dealkylation sites (tertiary alicyclic amines) is 1. The lowest BCUT2D eigenvalue weighted by Crippen LogP contribution is -2.22. The van der Waals surface area contributed by atoms with Gasteiger partial charge in [0.1, 0.15) is 5.82 Å². The number of aliphatic hydroxyl groups excluding tert-OH is 1. The maximum absolute atomic E-state index is 13.8. The predicted molar refractivity (Wildman–Crippen MR) is 60.5 cm³/mol. The third-order valence-corrected chi connectivity index (χ3v) is 3.42. The van der Waals surface area contributed by atoms with E-state index in [1.807, 2.05) is 0 Å². The number of carbonyl (C=O) groups excluding carboxylic acids is 1. The lowest BCUT2D eigenvalue weighted by Gasteiger charge is -2.13. The highest BCUT2D eigenvalue weighted by atomic mass is 79.9. The molecule has 2 unspecified atom stereocenters. The summed E-state index contributed by atoms with van der Waals surface area (Å²) in [6, 6.07) is 4.75. The smallest absolute Gasteiger partial charge is 0.232 e. The van der Waals surface area contributed by atoms with Crippen molar-refractivity contribution in [1.29, 1.82) is 0 Å². The second-order valence-electron chi connectivity index (χ2n) is 3.91. The van der Waals surface area contributed by atoms with Gasteiger partial charge in [-0.05, 0) is 22.0 Å². The van der Waals surface area contributed by atoms with Gasteiger partial charge in [0.05, 0.1) is 16.5 Å². The van der Waals surface area contributed by atoms with Crippen molar-refractivity contribution in [3.05, 3.63) is 34.1 Å². The summed E-state index contributed by atoms with van der Waals surface area (Å²) in [5.41, 5.74) is 0.247. The van der Waals surface area contributed by atoms with Gasteiger partial charge in [0.25, 0.3) is 0 Å². The Morgan fingerprint density at radius 1 is 1.56 bits per heavy atom. The summed E-state index contributed by atoms with van der Waals surface area (Å²) in [6.45, 7) is 0.245. The summed E-state index contributed by atoms with van der Waals surface area (Å²) in [6.07, 6.45) is -0.846. The maximum atomic E-state index is 13.8. The number of amides is 1. The second-order valence-corrected chi connectivity index (χ2v) is 4.76. The van der Waals surface area contributed by atoms with Crippen LogP contribution in [0.4, 0.5) is 4.39 Å². The fraction of sp³-hybridized carbons (Fsp3) is 0.364. The molecular formula is C11H11BrFNO2. The zero-order valence-electron chi connectivity index (χ0n) is 8.65. The van der Waals surface area contributed by atoms with E-state index < -0.39 is 17.8 Å². The van der Waals surface area contributed by atoms with Gasteiger partial charge in [-0.15, -0.1) is 0 Å². The molecule has 0 radical (unpaired) electrons. The highest BCUT2D eigenvalue weighted by Gasteiger charge is 2.40. The Balaban J connectivity index is 2.45. The van der Waals surface area contributed by atoms with Crippen LogP contribution < -0.4 is 0 Å². The van der Waals surface area contributed by atoms with Crippen LogP contribution in [-0.4, -0.2) is 35.6 Å². The molecule has 1 amide bonds. The maximum Gasteiger partial charge on any atom is 0.232 e. The normalized spacial score (nSPS) is 25.2. The van der Waals surface area contributed by atoms with Gasteiger partial charge in [-0.2, -0.15) is 0 Å². The van der Waals surface area contributed by atoms with Crippen LogP contribution >= 0.6 is 15.9 Å². The number of carbonyl (C=O) groups is 1. The van der Waals surface area contributed by atoms with E-state index in [9.17, 15) is 14.3 Å². The zero-order valence-corrected chi connectivity index (χ0v) is 10.2. The van der Waals surface area contributed by atoms with Crippen LogP contribution in [0, 0.1) is 5.82 Å². The van der Waals surface area contributed by atoms with Gasteiger partial charge in [0, 0.05) is 19.2 Å². The van der Waals surface area contributed by atoms with Crippen molar-refractivity contribution in [2.75, 3.05) is 13.6 Å². The van der Waals surface area contributed by atoms with E-state index in [1.165, 1.54) is 11.0 Å². The fourth-order valence-electron chi connectivity index (χ4n) is 1.98. The Kier molecular flexibility index (Phi) is 2.99. The number of hydrogen-bond acceptors (Lipinski definition) is 2. The van der Waals surface area contributed by atoms with Gasteiger partial charge in [0.2, 0.25) is 5.91 Å². The molecule has 0 saturated carbocycles. The van der Waals surface area contributed by atoms with Crippen molar-refractivity contribution in [1.82, 2.24) is 4.90 Å². The van der Waals surface area contributed by atoms with Crippen LogP contribution in [0.25, 0.3) is 0 Å². The number of aliphatic hydroxyl groups is 1. The van der Waals surface area contributed by atoms with Crippen molar-refractivity contribution in [2.45, 2.75) is 12.0 Å². The third-order valence-electron chi connectivity index (χ3n) is 2.80. The molecule has 1 N–H and O–H groups in total. The number of β-amino-alcohol motifs (C(OH)–C–C–N with tert-alkyl or cyclic N) is 1. The Morgan fingerprint density at radius 2 is 2.25 bits per heavy atom. The molecule has 86 valence electrons.